The van der Waals surface area contributed by atoms with E-state index in [1.165, 1.54) is 42.5 Å². The Labute approximate surface area is 107 Å². The summed E-state index contributed by atoms with van der Waals surface area (Å²) in [6, 6.07) is 9.03. The highest BCUT2D eigenvalue weighted by molar-refractivity contribution is 6.32. The fourth-order valence-electron chi connectivity index (χ4n) is 1.30. The van der Waals surface area contributed by atoms with Crippen LogP contribution in [0, 0.1) is 5.82 Å². The van der Waals surface area contributed by atoms with Crippen LogP contribution in [0.25, 0.3) is 0 Å². The molecule has 0 amide bonds. The molecule has 18 heavy (non-hydrogen) atoms. The Kier molecular flexibility index (Phi) is 3.48. The van der Waals surface area contributed by atoms with Gasteiger partial charge in [0.15, 0.2) is 0 Å². The molecule has 2 aromatic carbocycles. The minimum Gasteiger partial charge on any atom is -0.506 e. The first-order chi connectivity index (χ1) is 8.56. The smallest absolute Gasteiger partial charge is 0.343 e. The van der Waals surface area contributed by atoms with Crippen LogP contribution in [0.4, 0.5) is 4.39 Å². The first kappa shape index (κ1) is 12.4. The monoisotopic (exact) mass is 266 g/mol. The molecule has 0 aliphatic rings. The molecule has 0 fully saturated rings. The first-order valence-electron chi connectivity index (χ1n) is 5.02. The molecule has 0 aromatic heterocycles. The largest absolute Gasteiger partial charge is 0.506 e. The number of hydrogen-bond acceptors (Lipinski definition) is 3. The van der Waals surface area contributed by atoms with Crippen molar-refractivity contribution in [3.05, 3.63) is 58.9 Å². The maximum Gasteiger partial charge on any atom is 0.343 e. The van der Waals surface area contributed by atoms with Crippen LogP contribution in [0.5, 0.6) is 11.5 Å². The number of hydrogen-bond donors (Lipinski definition) is 1. The second-order valence-electron chi connectivity index (χ2n) is 3.51. The lowest BCUT2D eigenvalue weighted by molar-refractivity contribution is 0.0734. The van der Waals surface area contributed by atoms with Gasteiger partial charge in [-0.3, -0.25) is 0 Å². The number of rotatable bonds is 2. The van der Waals surface area contributed by atoms with Gasteiger partial charge in [-0.2, -0.15) is 0 Å². The van der Waals surface area contributed by atoms with Crippen LogP contribution in [0.3, 0.4) is 0 Å². The van der Waals surface area contributed by atoms with E-state index < -0.39 is 11.8 Å². The van der Waals surface area contributed by atoms with Crippen molar-refractivity contribution in [2.45, 2.75) is 0 Å². The zero-order valence-electron chi connectivity index (χ0n) is 9.06. The summed E-state index contributed by atoms with van der Waals surface area (Å²) in [5.74, 6) is -0.938. The van der Waals surface area contributed by atoms with Crippen LogP contribution >= 0.6 is 11.6 Å². The zero-order chi connectivity index (χ0) is 13.1. The van der Waals surface area contributed by atoms with E-state index in [4.69, 9.17) is 16.3 Å². The molecule has 92 valence electrons. The summed E-state index contributed by atoms with van der Waals surface area (Å²) in [5, 5.41) is 9.28. The number of esters is 1. The molecule has 0 aliphatic heterocycles. The summed E-state index contributed by atoms with van der Waals surface area (Å²) in [6.45, 7) is 0. The quantitative estimate of drug-likeness (QED) is 0.669. The van der Waals surface area contributed by atoms with E-state index in [0.717, 1.165) is 0 Å². The molecule has 0 unspecified atom stereocenters. The van der Waals surface area contributed by atoms with Crippen molar-refractivity contribution in [1.82, 2.24) is 0 Å². The van der Waals surface area contributed by atoms with Crippen LogP contribution in [-0.4, -0.2) is 11.1 Å². The average molecular weight is 267 g/mol. The average Bonchev–Trinajstić information content (AvgIpc) is 2.35. The number of aromatic hydroxyl groups is 1. The van der Waals surface area contributed by atoms with E-state index in [1.807, 2.05) is 0 Å². The molecule has 0 aliphatic carbocycles. The van der Waals surface area contributed by atoms with E-state index in [2.05, 4.69) is 0 Å². The number of phenolic OH excluding ortho intramolecular Hbond substituents is 1. The van der Waals surface area contributed by atoms with Gasteiger partial charge in [0.2, 0.25) is 0 Å². The Balaban J connectivity index is 2.16. The van der Waals surface area contributed by atoms with Gasteiger partial charge in [-0.05, 0) is 42.5 Å². The zero-order valence-corrected chi connectivity index (χ0v) is 9.82. The Morgan fingerprint density at radius 1 is 1.17 bits per heavy atom. The highest BCUT2D eigenvalue weighted by atomic mass is 35.5. The maximum atomic E-state index is 12.7. The van der Waals surface area contributed by atoms with Crippen molar-refractivity contribution in [3.8, 4) is 11.5 Å². The predicted molar refractivity (Wildman–Crippen MR) is 64.5 cm³/mol. The number of ether oxygens (including phenoxy) is 1. The van der Waals surface area contributed by atoms with E-state index in [-0.39, 0.29) is 22.1 Å². The van der Waals surface area contributed by atoms with Crippen LogP contribution in [0.1, 0.15) is 10.4 Å². The standard InChI is InChI=1S/C13H8ClFO3/c14-11-7-8(1-6-12(11)16)13(17)18-10-4-2-9(15)3-5-10/h1-7,16H. The van der Waals surface area contributed by atoms with Gasteiger partial charge in [0.05, 0.1) is 10.6 Å². The summed E-state index contributed by atoms with van der Waals surface area (Å²) in [6.07, 6.45) is 0. The highest BCUT2D eigenvalue weighted by Crippen LogP contribution is 2.24. The van der Waals surface area contributed by atoms with Gasteiger partial charge >= 0.3 is 5.97 Å². The fraction of sp³-hybridized carbons (Fsp3) is 0. The molecule has 0 radical (unpaired) electrons. The molecule has 2 rings (SSSR count). The third-order valence-corrected chi connectivity index (χ3v) is 2.51. The summed E-state index contributed by atoms with van der Waals surface area (Å²) in [5.41, 5.74) is 0.196. The molecule has 0 saturated carbocycles. The molecule has 0 heterocycles. The lowest BCUT2D eigenvalue weighted by Gasteiger charge is -2.05. The third kappa shape index (κ3) is 2.78. The molecule has 1 N–H and O–H groups in total. The van der Waals surface area contributed by atoms with Gasteiger partial charge < -0.3 is 9.84 Å². The summed E-state index contributed by atoms with van der Waals surface area (Å²) < 4.78 is 17.7. The minimum atomic E-state index is -0.636. The molecule has 3 nitrogen and oxygen atoms in total. The van der Waals surface area contributed by atoms with Crippen molar-refractivity contribution >= 4 is 17.6 Å². The van der Waals surface area contributed by atoms with Gasteiger partial charge in [-0.15, -0.1) is 0 Å². The van der Waals surface area contributed by atoms with Crippen molar-refractivity contribution in [2.24, 2.45) is 0 Å². The Bertz CT molecular complexity index is 581. The van der Waals surface area contributed by atoms with Crippen molar-refractivity contribution in [3.63, 3.8) is 0 Å². The van der Waals surface area contributed by atoms with E-state index in [1.54, 1.807) is 0 Å². The van der Waals surface area contributed by atoms with Crippen LogP contribution < -0.4 is 4.74 Å². The van der Waals surface area contributed by atoms with Crippen LogP contribution in [0.15, 0.2) is 42.5 Å². The lowest BCUT2D eigenvalue weighted by atomic mass is 10.2. The molecule has 0 spiro atoms. The third-order valence-electron chi connectivity index (χ3n) is 2.21. The van der Waals surface area contributed by atoms with E-state index >= 15 is 0 Å². The van der Waals surface area contributed by atoms with Crippen molar-refractivity contribution < 1.29 is 19.0 Å². The van der Waals surface area contributed by atoms with E-state index in [9.17, 15) is 14.3 Å². The lowest BCUT2D eigenvalue weighted by Crippen LogP contribution is -2.08. The molecule has 0 saturated heterocycles. The van der Waals surface area contributed by atoms with E-state index in [0.29, 0.717) is 0 Å². The summed E-state index contributed by atoms with van der Waals surface area (Å²) >= 11 is 5.67. The summed E-state index contributed by atoms with van der Waals surface area (Å²) in [7, 11) is 0. The second kappa shape index (κ2) is 5.06. The predicted octanol–water partition coefficient (Wildman–Crippen LogP) is 3.40. The fourth-order valence-corrected chi connectivity index (χ4v) is 1.48. The highest BCUT2D eigenvalue weighted by Gasteiger charge is 2.10. The molecular weight excluding hydrogens is 259 g/mol. The van der Waals surface area contributed by atoms with Gasteiger partial charge in [0.25, 0.3) is 0 Å². The number of benzene rings is 2. The number of carbonyl (C=O) groups excluding carboxylic acids is 1. The maximum absolute atomic E-state index is 12.7. The topological polar surface area (TPSA) is 46.5 Å². The van der Waals surface area contributed by atoms with Crippen molar-refractivity contribution in [2.75, 3.05) is 0 Å². The normalized spacial score (nSPS) is 10.1. The van der Waals surface area contributed by atoms with Crippen LogP contribution in [-0.2, 0) is 0 Å². The number of halogens is 2. The Hall–Kier alpha value is -2.07. The Morgan fingerprint density at radius 3 is 2.44 bits per heavy atom. The van der Waals surface area contributed by atoms with Crippen molar-refractivity contribution in [1.29, 1.82) is 0 Å². The van der Waals surface area contributed by atoms with Crippen LogP contribution in [0.2, 0.25) is 5.02 Å². The summed E-state index contributed by atoms with van der Waals surface area (Å²) in [4.78, 5) is 11.7. The first-order valence-corrected chi connectivity index (χ1v) is 5.40. The molecule has 2 aromatic rings. The number of carbonyl (C=O) groups is 1. The van der Waals surface area contributed by atoms with Gasteiger partial charge in [0.1, 0.15) is 17.3 Å². The molecule has 0 bridgehead atoms. The second-order valence-corrected chi connectivity index (χ2v) is 3.92. The number of phenols is 1. The SMILES string of the molecule is O=C(Oc1ccc(F)cc1)c1ccc(O)c(Cl)c1. The van der Waals surface area contributed by atoms with Gasteiger partial charge in [-0.1, -0.05) is 11.6 Å². The van der Waals surface area contributed by atoms with Gasteiger partial charge in [-0.25, -0.2) is 9.18 Å². The molecular formula is C13H8ClFO3. The Morgan fingerprint density at radius 2 is 1.83 bits per heavy atom. The van der Waals surface area contributed by atoms with Gasteiger partial charge in [0, 0.05) is 0 Å². The minimum absolute atomic E-state index is 0.0588. The molecule has 5 heteroatoms. The molecule has 0 atom stereocenters.